The number of benzene rings is 1. The van der Waals surface area contributed by atoms with Crippen LogP contribution in [0, 0.1) is 5.41 Å². The van der Waals surface area contributed by atoms with Crippen LogP contribution < -0.4 is 5.32 Å². The second kappa shape index (κ2) is 8.28. The van der Waals surface area contributed by atoms with Gasteiger partial charge in [-0.3, -0.25) is 14.5 Å². The van der Waals surface area contributed by atoms with Crippen molar-refractivity contribution in [1.82, 2.24) is 9.80 Å². The number of likely N-dealkylation sites (tertiary alicyclic amines) is 1. The van der Waals surface area contributed by atoms with Gasteiger partial charge >= 0.3 is 0 Å². The summed E-state index contributed by atoms with van der Waals surface area (Å²) in [6, 6.07) is 13.9. The zero-order valence-corrected chi connectivity index (χ0v) is 22.8. The van der Waals surface area contributed by atoms with Gasteiger partial charge in [-0.25, -0.2) is 0 Å². The SMILES string of the molecule is CN1C/C(=C\c2cccs2)C(=O)[C@]2(C1)[C@@H](c1cccs1)[C@@H]1CSCN1[C@@]21C(=O)Nc2ccc(Cl)cc21. The number of carbonyl (C=O) groups is 2. The Kier molecular flexibility index (Phi) is 5.34. The Morgan fingerprint density at radius 2 is 1.97 bits per heavy atom. The summed E-state index contributed by atoms with van der Waals surface area (Å²) in [4.78, 5) is 36.2. The van der Waals surface area contributed by atoms with E-state index >= 15 is 4.79 Å². The van der Waals surface area contributed by atoms with Gasteiger partial charge in [-0.05, 0) is 54.2 Å². The van der Waals surface area contributed by atoms with Crippen LogP contribution in [0.3, 0.4) is 0 Å². The van der Waals surface area contributed by atoms with Crippen molar-refractivity contribution in [2.75, 3.05) is 37.1 Å². The number of fused-ring (bicyclic) bond motifs is 5. The molecule has 4 aliphatic rings. The van der Waals surface area contributed by atoms with E-state index in [-0.39, 0.29) is 23.7 Å². The summed E-state index contributed by atoms with van der Waals surface area (Å²) < 4.78 is 0. The molecular weight excluding hydrogens is 530 g/mol. The highest BCUT2D eigenvalue weighted by Crippen LogP contribution is 2.69. The van der Waals surface area contributed by atoms with Crippen LogP contribution in [0.25, 0.3) is 6.08 Å². The number of nitrogens with zero attached hydrogens (tertiary/aromatic N) is 2. The second-order valence-electron chi connectivity index (χ2n) is 10.0. The lowest BCUT2D eigenvalue weighted by atomic mass is 9.56. The molecule has 36 heavy (non-hydrogen) atoms. The fraction of sp³-hybridized carbons (Fsp3) is 0.333. The highest BCUT2D eigenvalue weighted by Gasteiger charge is 2.78. The molecule has 1 amide bonds. The third-order valence-corrected chi connectivity index (χ3v) is 11.3. The summed E-state index contributed by atoms with van der Waals surface area (Å²) in [6.45, 7) is 1.07. The van der Waals surface area contributed by atoms with Gasteiger partial charge in [0.25, 0.3) is 5.91 Å². The number of likely N-dealkylation sites (N-methyl/N-ethyl adjacent to an activating group) is 1. The Labute approximate surface area is 227 Å². The molecule has 2 aromatic heterocycles. The summed E-state index contributed by atoms with van der Waals surface area (Å²) in [5.41, 5.74) is 0.252. The molecule has 1 aromatic carbocycles. The number of Topliss-reactive ketones (excluding diaryl/α,β-unsaturated/α-hetero) is 1. The Bertz CT molecular complexity index is 1410. The summed E-state index contributed by atoms with van der Waals surface area (Å²) in [6.07, 6.45) is 2.04. The van der Waals surface area contributed by atoms with Crippen molar-refractivity contribution in [3.05, 3.63) is 79.1 Å². The van der Waals surface area contributed by atoms with Gasteiger partial charge in [0.2, 0.25) is 0 Å². The maximum atomic E-state index is 15.0. The molecule has 3 fully saturated rings. The number of thiophene rings is 2. The van der Waals surface area contributed by atoms with E-state index in [1.165, 1.54) is 4.88 Å². The van der Waals surface area contributed by atoms with E-state index in [1.807, 2.05) is 53.5 Å². The average molecular weight is 554 g/mol. The standard InChI is InChI=1S/C27H24ClN3O2S3/c1-30-12-16(10-18-4-2-8-35-18)24(32)26(14-30)23(22-5-3-9-36-22)21-13-34-15-31(21)27(26)19-11-17(28)6-7-20(19)29-25(27)33/h2-11,21,23H,12-15H2,1H3,(H,29,33)/b16-10+/t21-,23+,26-,27-/m0/s1. The molecule has 3 saturated heterocycles. The number of hydrogen-bond acceptors (Lipinski definition) is 7. The van der Waals surface area contributed by atoms with Crippen LogP contribution >= 0.6 is 46.0 Å². The predicted octanol–water partition coefficient (Wildman–Crippen LogP) is 5.37. The number of anilines is 1. The third-order valence-electron chi connectivity index (χ3n) is 8.23. The Hall–Kier alpha value is -1.94. The lowest BCUT2D eigenvalue weighted by molar-refractivity contribution is -0.146. The van der Waals surface area contributed by atoms with Crippen LogP contribution in [-0.2, 0) is 15.1 Å². The molecule has 0 aliphatic carbocycles. The average Bonchev–Trinajstić information content (AvgIpc) is 3.65. The molecule has 6 heterocycles. The monoisotopic (exact) mass is 553 g/mol. The van der Waals surface area contributed by atoms with Crippen LogP contribution in [0.4, 0.5) is 5.69 Å². The normalized spacial score (nSPS) is 33.1. The number of hydrogen-bond donors (Lipinski definition) is 1. The first-order valence-electron chi connectivity index (χ1n) is 11.9. The minimum absolute atomic E-state index is 0.0720. The van der Waals surface area contributed by atoms with Gasteiger partial charge < -0.3 is 10.2 Å². The number of ketones is 1. The smallest absolute Gasteiger partial charge is 0.250 e. The Morgan fingerprint density at radius 3 is 2.75 bits per heavy atom. The molecule has 4 atom stereocenters. The lowest BCUT2D eigenvalue weighted by Gasteiger charge is -2.50. The van der Waals surface area contributed by atoms with Crippen molar-refractivity contribution in [2.45, 2.75) is 17.5 Å². The molecule has 4 aliphatic heterocycles. The van der Waals surface area contributed by atoms with Crippen LogP contribution in [0.15, 0.2) is 58.8 Å². The fourth-order valence-corrected chi connectivity index (χ4v) is 10.3. The number of piperidine rings is 1. The van der Waals surface area contributed by atoms with Crippen LogP contribution in [0.5, 0.6) is 0 Å². The number of halogens is 1. The largest absolute Gasteiger partial charge is 0.324 e. The molecule has 1 N–H and O–H groups in total. The van der Waals surface area contributed by atoms with E-state index in [2.05, 4.69) is 39.7 Å². The van der Waals surface area contributed by atoms with Crippen molar-refractivity contribution in [2.24, 2.45) is 5.41 Å². The first-order valence-corrected chi connectivity index (χ1v) is 15.2. The van der Waals surface area contributed by atoms with E-state index in [0.717, 1.165) is 27.5 Å². The van der Waals surface area contributed by atoms with Crippen LogP contribution in [0.2, 0.25) is 5.02 Å². The summed E-state index contributed by atoms with van der Waals surface area (Å²) in [7, 11) is 2.07. The van der Waals surface area contributed by atoms with E-state index in [9.17, 15) is 4.79 Å². The van der Waals surface area contributed by atoms with Crippen molar-refractivity contribution >= 4 is 69.5 Å². The highest BCUT2D eigenvalue weighted by atomic mass is 35.5. The van der Waals surface area contributed by atoms with Crippen LogP contribution in [0.1, 0.15) is 21.2 Å². The van der Waals surface area contributed by atoms with Gasteiger partial charge in [-0.15, -0.1) is 34.4 Å². The van der Waals surface area contributed by atoms with Gasteiger partial charge in [-0.2, -0.15) is 0 Å². The minimum Gasteiger partial charge on any atom is -0.324 e. The van der Waals surface area contributed by atoms with E-state index < -0.39 is 11.0 Å². The zero-order valence-electron chi connectivity index (χ0n) is 19.6. The molecule has 5 nitrogen and oxygen atoms in total. The molecule has 2 spiro atoms. The first-order chi connectivity index (χ1) is 17.5. The predicted molar refractivity (Wildman–Crippen MR) is 149 cm³/mol. The van der Waals surface area contributed by atoms with Gasteiger partial charge in [0.05, 0.1) is 5.41 Å². The zero-order chi connectivity index (χ0) is 24.7. The molecular formula is C27H24ClN3O2S3. The topological polar surface area (TPSA) is 52.7 Å². The van der Waals surface area contributed by atoms with Crippen LogP contribution in [-0.4, -0.2) is 59.3 Å². The lowest BCUT2D eigenvalue weighted by Crippen LogP contribution is -2.65. The number of amides is 1. The molecule has 3 aromatic rings. The molecule has 9 heteroatoms. The number of carbonyl (C=O) groups excluding carboxylic acids is 2. The number of nitrogens with one attached hydrogen (secondary N) is 1. The Morgan fingerprint density at radius 1 is 1.14 bits per heavy atom. The van der Waals surface area contributed by atoms with Crippen molar-refractivity contribution in [3.63, 3.8) is 0 Å². The van der Waals surface area contributed by atoms with Crippen molar-refractivity contribution in [3.8, 4) is 0 Å². The van der Waals surface area contributed by atoms with Crippen molar-refractivity contribution in [1.29, 1.82) is 0 Å². The van der Waals surface area contributed by atoms with E-state index in [1.54, 1.807) is 22.7 Å². The molecule has 7 rings (SSSR count). The summed E-state index contributed by atoms with van der Waals surface area (Å²) in [5.74, 6) is 1.47. The van der Waals surface area contributed by atoms with E-state index in [0.29, 0.717) is 24.0 Å². The number of thioether (sulfide) groups is 1. The van der Waals surface area contributed by atoms with E-state index in [4.69, 9.17) is 11.6 Å². The molecule has 0 bridgehead atoms. The van der Waals surface area contributed by atoms with Gasteiger partial charge in [0.15, 0.2) is 5.78 Å². The highest BCUT2D eigenvalue weighted by molar-refractivity contribution is 7.99. The molecule has 0 radical (unpaired) electrons. The van der Waals surface area contributed by atoms with Gasteiger partial charge in [0.1, 0.15) is 5.54 Å². The van der Waals surface area contributed by atoms with Gasteiger partial charge in [-0.1, -0.05) is 23.7 Å². The number of rotatable bonds is 2. The minimum atomic E-state index is -1.13. The maximum Gasteiger partial charge on any atom is 0.250 e. The third kappa shape index (κ3) is 2.91. The summed E-state index contributed by atoms with van der Waals surface area (Å²) in [5, 5.41) is 7.86. The first kappa shape index (κ1) is 23.2. The maximum absolute atomic E-state index is 15.0. The molecule has 0 unspecified atom stereocenters. The molecule has 0 saturated carbocycles. The fourth-order valence-electron chi connectivity index (χ4n) is 7.15. The van der Waals surface area contributed by atoms with Crippen molar-refractivity contribution < 1.29 is 9.59 Å². The van der Waals surface area contributed by atoms with Gasteiger partial charge in [0, 0.05) is 68.3 Å². The quantitative estimate of drug-likeness (QED) is 0.433. The Balaban J connectivity index is 1.56. The second-order valence-corrected chi connectivity index (χ2v) is 13.4. The molecule has 184 valence electrons. The summed E-state index contributed by atoms with van der Waals surface area (Å²) >= 11 is 11.7.